The highest BCUT2D eigenvalue weighted by molar-refractivity contribution is 5.63. The van der Waals surface area contributed by atoms with Crippen LogP contribution in [-0.4, -0.2) is 37.7 Å². The number of aromatic nitrogens is 5. The van der Waals surface area contributed by atoms with E-state index in [4.69, 9.17) is 4.98 Å². The van der Waals surface area contributed by atoms with Gasteiger partial charge in [0.1, 0.15) is 5.82 Å². The lowest BCUT2D eigenvalue weighted by atomic mass is 9.94. The number of anilines is 1. The van der Waals surface area contributed by atoms with E-state index in [1.807, 2.05) is 42.6 Å². The highest BCUT2D eigenvalue weighted by Gasteiger charge is 2.24. The summed E-state index contributed by atoms with van der Waals surface area (Å²) in [6.07, 6.45) is 7.38. The molecule has 0 bridgehead atoms. The molecule has 4 aromatic heterocycles. The number of piperidine rings is 1. The summed E-state index contributed by atoms with van der Waals surface area (Å²) < 4.78 is 1.49. The lowest BCUT2D eigenvalue weighted by Gasteiger charge is -2.33. The minimum absolute atomic E-state index is 0.0925. The van der Waals surface area contributed by atoms with Crippen LogP contribution in [0.5, 0.6) is 0 Å². The molecule has 0 saturated carbocycles. The molecule has 7 nitrogen and oxygen atoms in total. The van der Waals surface area contributed by atoms with E-state index in [1.54, 1.807) is 18.5 Å². The van der Waals surface area contributed by atoms with Crippen molar-refractivity contribution >= 4 is 11.5 Å². The molecule has 1 atom stereocenters. The molecule has 1 fully saturated rings. The van der Waals surface area contributed by atoms with Crippen LogP contribution in [0.25, 0.3) is 16.9 Å². The van der Waals surface area contributed by atoms with Crippen molar-refractivity contribution in [3.63, 3.8) is 0 Å². The van der Waals surface area contributed by atoms with E-state index in [1.165, 1.54) is 4.52 Å². The van der Waals surface area contributed by atoms with E-state index < -0.39 is 0 Å². The summed E-state index contributed by atoms with van der Waals surface area (Å²) in [7, 11) is 0. The number of rotatable bonds is 3. The fourth-order valence-electron chi connectivity index (χ4n) is 3.86. The molecule has 0 aliphatic carbocycles. The Labute approximate surface area is 161 Å². The molecule has 1 N–H and O–H groups in total. The molecule has 4 aromatic rings. The Morgan fingerprint density at radius 1 is 1.11 bits per heavy atom. The van der Waals surface area contributed by atoms with Crippen LogP contribution in [0.4, 0.5) is 5.82 Å². The van der Waals surface area contributed by atoms with E-state index in [2.05, 4.69) is 20.0 Å². The van der Waals surface area contributed by atoms with Crippen molar-refractivity contribution < 1.29 is 0 Å². The van der Waals surface area contributed by atoms with Crippen LogP contribution in [-0.2, 0) is 0 Å². The van der Waals surface area contributed by atoms with Gasteiger partial charge in [-0.2, -0.15) is 0 Å². The third-order valence-electron chi connectivity index (χ3n) is 5.26. The number of nitrogens with one attached hydrogen (secondary N) is 1. The van der Waals surface area contributed by atoms with Gasteiger partial charge in [-0.3, -0.25) is 14.9 Å². The predicted molar refractivity (Wildman–Crippen MR) is 107 cm³/mol. The number of hydrogen-bond acceptors (Lipinski definition) is 5. The van der Waals surface area contributed by atoms with E-state index in [0.717, 1.165) is 48.7 Å². The monoisotopic (exact) mass is 372 g/mol. The molecule has 5 rings (SSSR count). The van der Waals surface area contributed by atoms with Crippen LogP contribution >= 0.6 is 0 Å². The minimum atomic E-state index is -0.0925. The highest BCUT2D eigenvalue weighted by atomic mass is 16.1. The zero-order chi connectivity index (χ0) is 18.9. The summed E-state index contributed by atoms with van der Waals surface area (Å²) in [5.41, 5.74) is 3.14. The second kappa shape index (κ2) is 6.92. The summed E-state index contributed by atoms with van der Waals surface area (Å²) in [4.78, 5) is 28.4. The first-order chi connectivity index (χ1) is 13.8. The Bertz CT molecular complexity index is 1150. The summed E-state index contributed by atoms with van der Waals surface area (Å²) >= 11 is 0. The van der Waals surface area contributed by atoms with Crippen LogP contribution in [0.1, 0.15) is 24.5 Å². The normalized spacial score (nSPS) is 17.1. The van der Waals surface area contributed by atoms with Crippen molar-refractivity contribution in [3.8, 4) is 11.3 Å². The predicted octanol–water partition coefficient (Wildman–Crippen LogP) is 2.86. The topological polar surface area (TPSA) is 79.2 Å². The van der Waals surface area contributed by atoms with Crippen LogP contribution in [0.3, 0.4) is 0 Å². The highest BCUT2D eigenvalue weighted by Crippen LogP contribution is 2.28. The first-order valence-corrected chi connectivity index (χ1v) is 9.47. The molecule has 140 valence electrons. The van der Waals surface area contributed by atoms with Crippen molar-refractivity contribution in [1.82, 2.24) is 24.6 Å². The van der Waals surface area contributed by atoms with Gasteiger partial charge >= 0.3 is 0 Å². The fraction of sp³-hybridized carbons (Fsp3) is 0.238. The zero-order valence-electron chi connectivity index (χ0n) is 15.3. The molecule has 0 radical (unpaired) electrons. The maximum absolute atomic E-state index is 12.7. The average Bonchev–Trinajstić information content (AvgIpc) is 3.20. The van der Waals surface area contributed by atoms with Crippen LogP contribution in [0, 0.1) is 0 Å². The molecular formula is C21H20N6O. The Balaban J connectivity index is 1.48. The maximum Gasteiger partial charge on any atom is 0.272 e. The maximum atomic E-state index is 12.7. The van der Waals surface area contributed by atoms with Crippen LogP contribution < -0.4 is 10.5 Å². The molecule has 1 saturated heterocycles. The van der Waals surface area contributed by atoms with Gasteiger partial charge in [0, 0.05) is 55.3 Å². The lowest BCUT2D eigenvalue weighted by Crippen LogP contribution is -2.35. The number of H-pyrrole nitrogens is 1. The lowest BCUT2D eigenvalue weighted by molar-refractivity contribution is 0.498. The van der Waals surface area contributed by atoms with Gasteiger partial charge in [-0.25, -0.2) is 14.5 Å². The molecule has 5 heterocycles. The van der Waals surface area contributed by atoms with Gasteiger partial charge in [0.2, 0.25) is 0 Å². The summed E-state index contributed by atoms with van der Waals surface area (Å²) in [6.45, 7) is 1.80. The van der Waals surface area contributed by atoms with Crippen molar-refractivity contribution in [2.24, 2.45) is 0 Å². The number of nitrogens with zero attached hydrogens (tertiary/aromatic N) is 5. The SMILES string of the molecule is O=c1cc(C2CCCN(c3ccccn3)C2)nc2cc(-c3cccnc3)[nH]n12. The number of aromatic amines is 1. The standard InChI is InChI=1S/C21H20N6O/c28-21-12-17(16-6-4-10-26(14-16)19-7-1-2-9-23-19)24-20-11-18(25-27(20)21)15-5-3-8-22-13-15/h1-3,5,7-9,11-13,16,25H,4,6,10,14H2. The zero-order valence-corrected chi connectivity index (χ0v) is 15.3. The van der Waals surface area contributed by atoms with Crippen molar-refractivity contribution in [3.05, 3.63) is 77.1 Å². The Hall–Kier alpha value is -3.48. The number of pyridine rings is 2. The van der Waals surface area contributed by atoms with E-state index in [-0.39, 0.29) is 11.5 Å². The summed E-state index contributed by atoms with van der Waals surface area (Å²) in [5.74, 6) is 1.19. The Morgan fingerprint density at radius 3 is 2.89 bits per heavy atom. The Kier molecular flexibility index (Phi) is 4.12. The molecule has 1 aliphatic heterocycles. The van der Waals surface area contributed by atoms with Gasteiger partial charge in [-0.05, 0) is 37.1 Å². The number of hydrogen-bond donors (Lipinski definition) is 1. The van der Waals surface area contributed by atoms with Gasteiger partial charge in [-0.1, -0.05) is 6.07 Å². The first kappa shape index (κ1) is 16.7. The molecule has 7 heteroatoms. The molecule has 28 heavy (non-hydrogen) atoms. The second-order valence-corrected chi connectivity index (χ2v) is 7.10. The van der Waals surface area contributed by atoms with Crippen molar-refractivity contribution in [2.75, 3.05) is 18.0 Å². The Morgan fingerprint density at radius 2 is 2.07 bits per heavy atom. The van der Waals surface area contributed by atoms with Crippen molar-refractivity contribution in [2.45, 2.75) is 18.8 Å². The smallest absolute Gasteiger partial charge is 0.272 e. The van der Waals surface area contributed by atoms with E-state index >= 15 is 0 Å². The van der Waals surface area contributed by atoms with Gasteiger partial charge in [0.15, 0.2) is 5.65 Å². The third-order valence-corrected chi connectivity index (χ3v) is 5.26. The molecule has 0 spiro atoms. The van der Waals surface area contributed by atoms with Crippen LogP contribution in [0.15, 0.2) is 65.8 Å². The second-order valence-electron chi connectivity index (χ2n) is 7.10. The molecule has 1 aliphatic rings. The average molecular weight is 372 g/mol. The van der Waals surface area contributed by atoms with E-state index in [0.29, 0.717) is 5.65 Å². The van der Waals surface area contributed by atoms with Crippen molar-refractivity contribution in [1.29, 1.82) is 0 Å². The van der Waals surface area contributed by atoms with Crippen LogP contribution in [0.2, 0.25) is 0 Å². The molecule has 0 aromatic carbocycles. The molecule has 1 unspecified atom stereocenters. The minimum Gasteiger partial charge on any atom is -0.356 e. The number of fused-ring (bicyclic) bond motifs is 1. The quantitative estimate of drug-likeness (QED) is 0.598. The van der Waals surface area contributed by atoms with Gasteiger partial charge in [0.05, 0.1) is 11.4 Å². The summed E-state index contributed by atoms with van der Waals surface area (Å²) in [6, 6.07) is 13.3. The summed E-state index contributed by atoms with van der Waals surface area (Å²) in [5, 5.41) is 3.13. The first-order valence-electron chi connectivity index (χ1n) is 9.47. The van der Waals surface area contributed by atoms with E-state index in [9.17, 15) is 4.79 Å². The molecule has 0 amide bonds. The van der Waals surface area contributed by atoms with Gasteiger partial charge < -0.3 is 4.90 Å². The van der Waals surface area contributed by atoms with Gasteiger partial charge in [0.25, 0.3) is 5.56 Å². The third kappa shape index (κ3) is 3.05. The fourth-order valence-corrected chi connectivity index (χ4v) is 3.86. The molecular weight excluding hydrogens is 352 g/mol. The van der Waals surface area contributed by atoms with Gasteiger partial charge in [-0.15, -0.1) is 0 Å². The largest absolute Gasteiger partial charge is 0.356 e.